The molecule has 296 valence electrons. The Morgan fingerprint density at radius 2 is 1.16 bits per heavy atom. The minimum atomic E-state index is -1.60. The monoisotopic (exact) mass is 725 g/mol. The Hall–Kier alpha value is -2.08. The number of hydrogen-bond acceptors (Lipinski definition) is 10. The van der Waals surface area contributed by atoms with E-state index < -0.39 is 49.4 Å². The van der Waals surface area contributed by atoms with Crippen molar-refractivity contribution < 1.29 is 49.0 Å². The number of aliphatic hydroxyl groups excluding tert-OH is 4. The lowest BCUT2D eigenvalue weighted by Crippen LogP contribution is -2.59. The van der Waals surface area contributed by atoms with Gasteiger partial charge in [0.2, 0.25) is 0 Å². The average Bonchev–Trinajstić information content (AvgIpc) is 3.13. The van der Waals surface area contributed by atoms with E-state index >= 15 is 0 Å². The molecule has 0 amide bonds. The number of carbonyl (C=O) groups excluding carboxylic acids is 2. The number of aliphatic hydroxyl groups is 4. The van der Waals surface area contributed by atoms with Gasteiger partial charge >= 0.3 is 11.9 Å². The first-order valence-corrected chi connectivity index (χ1v) is 20.1. The second-order valence-corrected chi connectivity index (χ2v) is 13.7. The molecule has 0 unspecified atom stereocenters. The zero-order chi connectivity index (χ0) is 37.4. The Bertz CT molecular complexity index is 933. The maximum atomic E-state index is 12.7. The van der Waals surface area contributed by atoms with Crippen molar-refractivity contribution in [3.05, 3.63) is 36.5 Å². The van der Waals surface area contributed by atoms with E-state index in [4.69, 9.17) is 18.9 Å². The average molecular weight is 725 g/mol. The lowest BCUT2D eigenvalue weighted by molar-refractivity contribution is -0.305. The van der Waals surface area contributed by atoms with Crippen LogP contribution < -0.4 is 0 Å². The van der Waals surface area contributed by atoms with Crippen LogP contribution in [0.2, 0.25) is 0 Å². The number of rotatable bonds is 32. The van der Waals surface area contributed by atoms with Gasteiger partial charge in [-0.2, -0.15) is 0 Å². The summed E-state index contributed by atoms with van der Waals surface area (Å²) in [6.45, 7) is 3.27. The molecule has 1 heterocycles. The van der Waals surface area contributed by atoms with E-state index in [2.05, 4.69) is 50.3 Å². The van der Waals surface area contributed by atoms with E-state index in [0.717, 1.165) is 70.6 Å². The molecule has 1 fully saturated rings. The van der Waals surface area contributed by atoms with Gasteiger partial charge < -0.3 is 39.4 Å². The molecule has 0 aromatic rings. The number of esters is 2. The van der Waals surface area contributed by atoms with E-state index in [-0.39, 0.29) is 32.0 Å². The zero-order valence-electron chi connectivity index (χ0n) is 31.8. The Balaban J connectivity index is 2.40. The molecular formula is C41H72O10. The van der Waals surface area contributed by atoms with Gasteiger partial charge in [-0.15, -0.1) is 0 Å². The highest BCUT2D eigenvalue weighted by Crippen LogP contribution is 2.22. The Kier molecular flexibility index (Phi) is 30.0. The molecule has 51 heavy (non-hydrogen) atoms. The second kappa shape index (κ2) is 32.6. The summed E-state index contributed by atoms with van der Waals surface area (Å²) in [5.41, 5.74) is 0. The summed E-state index contributed by atoms with van der Waals surface area (Å²) >= 11 is 0. The van der Waals surface area contributed by atoms with E-state index in [0.29, 0.717) is 6.42 Å². The van der Waals surface area contributed by atoms with Crippen molar-refractivity contribution in [3.8, 4) is 0 Å². The standard InChI is InChI=1S/C41H72O10/c1-3-5-7-9-11-13-15-16-17-18-20-22-24-26-28-30-37(44)50-34(33-49-41-40(47)39(46)38(45)35(31-42)51-41)32-48-36(43)29-27-25-23-21-19-14-12-10-8-6-4-2/h5,7,11,13,16-17,34-35,38-42,45-47H,3-4,6,8-10,12,14-15,18-33H2,1-2H3/t34-,35+,38-,39-,40+,41+/m0/s1. The van der Waals surface area contributed by atoms with E-state index in [1.54, 1.807) is 0 Å². The third-order valence-electron chi connectivity index (χ3n) is 9.04. The summed E-state index contributed by atoms with van der Waals surface area (Å²) in [6.07, 6.45) is 27.2. The maximum absolute atomic E-state index is 12.7. The van der Waals surface area contributed by atoms with Crippen LogP contribution in [0, 0.1) is 0 Å². The highest BCUT2D eigenvalue weighted by Gasteiger charge is 2.44. The summed E-state index contributed by atoms with van der Waals surface area (Å²) in [5.74, 6) is -0.828. The minimum absolute atomic E-state index is 0.211. The van der Waals surface area contributed by atoms with Crippen molar-refractivity contribution in [2.24, 2.45) is 0 Å². The van der Waals surface area contributed by atoms with Gasteiger partial charge in [0, 0.05) is 12.8 Å². The fourth-order valence-electron chi connectivity index (χ4n) is 5.85. The molecule has 1 aliphatic heterocycles. The largest absolute Gasteiger partial charge is 0.462 e. The van der Waals surface area contributed by atoms with Gasteiger partial charge in [0.05, 0.1) is 13.2 Å². The van der Waals surface area contributed by atoms with Gasteiger partial charge in [-0.05, 0) is 44.9 Å². The Morgan fingerprint density at radius 1 is 0.627 bits per heavy atom. The van der Waals surface area contributed by atoms with E-state index in [9.17, 15) is 30.0 Å². The summed E-state index contributed by atoms with van der Waals surface area (Å²) in [6, 6.07) is 0. The van der Waals surface area contributed by atoms with Crippen molar-refractivity contribution >= 4 is 11.9 Å². The SMILES string of the molecule is CCC=CCC=CCC=CCCCCCCCC(=O)O[C@@H](COC(=O)CCCCCCCCCCCCC)CO[C@@H]1O[C@H](CO)[C@H](O)[C@H](O)[C@H]1O. The van der Waals surface area contributed by atoms with Crippen molar-refractivity contribution in [3.63, 3.8) is 0 Å². The molecule has 4 N–H and O–H groups in total. The molecule has 0 spiro atoms. The summed E-state index contributed by atoms with van der Waals surface area (Å²) in [5, 5.41) is 39.9. The molecule has 0 bridgehead atoms. The predicted octanol–water partition coefficient (Wildman–Crippen LogP) is 7.55. The molecule has 0 aliphatic carbocycles. The fraction of sp³-hybridized carbons (Fsp3) is 0.805. The van der Waals surface area contributed by atoms with Crippen molar-refractivity contribution in [1.29, 1.82) is 0 Å². The molecule has 0 saturated carbocycles. The molecule has 10 heteroatoms. The first-order chi connectivity index (χ1) is 24.8. The number of carbonyl (C=O) groups is 2. The van der Waals surface area contributed by atoms with E-state index in [1.165, 1.54) is 51.4 Å². The molecule has 1 saturated heterocycles. The van der Waals surface area contributed by atoms with Gasteiger partial charge in [-0.3, -0.25) is 9.59 Å². The van der Waals surface area contributed by atoms with Crippen LogP contribution in [0.5, 0.6) is 0 Å². The highest BCUT2D eigenvalue weighted by molar-refractivity contribution is 5.70. The van der Waals surface area contributed by atoms with Crippen LogP contribution in [0.1, 0.15) is 155 Å². The first-order valence-electron chi connectivity index (χ1n) is 20.1. The minimum Gasteiger partial charge on any atom is -0.462 e. The topological polar surface area (TPSA) is 152 Å². The maximum Gasteiger partial charge on any atom is 0.306 e. The molecule has 0 aromatic heterocycles. The summed E-state index contributed by atoms with van der Waals surface area (Å²) in [4.78, 5) is 25.2. The normalized spacial score (nSPS) is 21.6. The summed E-state index contributed by atoms with van der Waals surface area (Å²) in [7, 11) is 0. The van der Waals surface area contributed by atoms with Crippen molar-refractivity contribution in [1.82, 2.24) is 0 Å². The molecular weight excluding hydrogens is 652 g/mol. The van der Waals surface area contributed by atoms with E-state index in [1.807, 2.05) is 0 Å². The van der Waals surface area contributed by atoms with Crippen LogP contribution in [-0.4, -0.2) is 89.0 Å². The van der Waals surface area contributed by atoms with Crippen molar-refractivity contribution in [2.75, 3.05) is 19.8 Å². The second-order valence-electron chi connectivity index (χ2n) is 13.7. The van der Waals surface area contributed by atoms with Crippen LogP contribution in [0.3, 0.4) is 0 Å². The van der Waals surface area contributed by atoms with Crippen LogP contribution >= 0.6 is 0 Å². The van der Waals surface area contributed by atoms with Crippen LogP contribution in [0.15, 0.2) is 36.5 Å². The molecule has 1 rings (SSSR count). The number of allylic oxidation sites excluding steroid dienone is 6. The number of ether oxygens (including phenoxy) is 4. The van der Waals surface area contributed by atoms with Gasteiger partial charge in [0.25, 0.3) is 0 Å². The number of unbranched alkanes of at least 4 members (excludes halogenated alkanes) is 15. The zero-order valence-corrected chi connectivity index (χ0v) is 31.8. The third-order valence-corrected chi connectivity index (χ3v) is 9.04. The van der Waals surface area contributed by atoms with Crippen LogP contribution in [0.25, 0.3) is 0 Å². The predicted molar refractivity (Wildman–Crippen MR) is 201 cm³/mol. The highest BCUT2D eigenvalue weighted by atomic mass is 16.7. The molecule has 10 nitrogen and oxygen atoms in total. The first kappa shape index (κ1) is 46.9. The summed E-state index contributed by atoms with van der Waals surface area (Å²) < 4.78 is 22.1. The molecule has 6 atom stereocenters. The smallest absolute Gasteiger partial charge is 0.306 e. The Labute approximate surface area is 308 Å². The lowest BCUT2D eigenvalue weighted by Gasteiger charge is -2.39. The van der Waals surface area contributed by atoms with Gasteiger partial charge in [0.1, 0.15) is 31.0 Å². The molecule has 0 aromatic carbocycles. The quantitative estimate of drug-likeness (QED) is 0.0311. The number of hydrogen-bond donors (Lipinski definition) is 4. The van der Waals surface area contributed by atoms with Gasteiger partial charge in [-0.1, -0.05) is 134 Å². The Morgan fingerprint density at radius 3 is 1.75 bits per heavy atom. The van der Waals surface area contributed by atoms with Gasteiger partial charge in [0.15, 0.2) is 12.4 Å². The lowest BCUT2D eigenvalue weighted by atomic mass is 9.99. The van der Waals surface area contributed by atoms with Crippen LogP contribution in [-0.2, 0) is 28.5 Å². The molecule has 0 radical (unpaired) electrons. The van der Waals surface area contributed by atoms with Crippen LogP contribution in [0.4, 0.5) is 0 Å². The molecule has 1 aliphatic rings. The van der Waals surface area contributed by atoms with Gasteiger partial charge in [-0.25, -0.2) is 0 Å². The third kappa shape index (κ3) is 24.7. The fourth-order valence-corrected chi connectivity index (χ4v) is 5.85. The van der Waals surface area contributed by atoms with Crippen molar-refractivity contribution in [2.45, 2.75) is 192 Å².